The molecule has 0 bridgehead atoms. The highest BCUT2D eigenvalue weighted by Crippen LogP contribution is 2.24. The van der Waals surface area contributed by atoms with Gasteiger partial charge in [-0.2, -0.15) is 0 Å². The Morgan fingerprint density at radius 2 is 2.05 bits per heavy atom. The van der Waals surface area contributed by atoms with Crippen molar-refractivity contribution in [3.63, 3.8) is 0 Å². The molecule has 102 valence electrons. The van der Waals surface area contributed by atoms with E-state index in [0.29, 0.717) is 5.56 Å². The number of hydrogen-bond donors (Lipinski definition) is 1. The predicted octanol–water partition coefficient (Wildman–Crippen LogP) is 2.56. The first kappa shape index (κ1) is 14.8. The molecule has 0 spiro atoms. The van der Waals surface area contributed by atoms with Crippen LogP contribution in [0.2, 0.25) is 0 Å². The Kier molecular flexibility index (Phi) is 5.13. The number of non-ortho nitro benzene ring substituents is 1. The second-order valence-corrected chi connectivity index (χ2v) is 4.13. The lowest BCUT2D eigenvalue weighted by atomic mass is 10.1. The highest BCUT2D eigenvalue weighted by atomic mass is 16.6. The van der Waals surface area contributed by atoms with Crippen LogP contribution in [0.5, 0.6) is 0 Å². The van der Waals surface area contributed by atoms with Crippen LogP contribution in [0.15, 0.2) is 30.9 Å². The van der Waals surface area contributed by atoms with Gasteiger partial charge in [0, 0.05) is 24.2 Å². The van der Waals surface area contributed by atoms with Crippen LogP contribution in [0.1, 0.15) is 18.9 Å². The summed E-state index contributed by atoms with van der Waals surface area (Å²) in [6.07, 6.45) is 2.49. The highest BCUT2D eigenvalue weighted by Gasteiger charge is 2.19. The fourth-order valence-corrected chi connectivity index (χ4v) is 1.60. The molecule has 7 nitrogen and oxygen atoms in total. The van der Waals surface area contributed by atoms with E-state index >= 15 is 0 Å². The van der Waals surface area contributed by atoms with Crippen molar-refractivity contribution in [2.24, 2.45) is 0 Å². The zero-order valence-corrected chi connectivity index (χ0v) is 10.5. The van der Waals surface area contributed by atoms with Gasteiger partial charge in [0.25, 0.3) is 11.4 Å². The topological polar surface area (TPSA) is 98.3 Å². The molecule has 7 heteroatoms. The minimum absolute atomic E-state index is 0.132. The predicted molar refractivity (Wildman–Crippen MR) is 70.9 cm³/mol. The fourth-order valence-electron chi connectivity index (χ4n) is 1.60. The standard InChI is InChI=1S/C12H15N3O4/c1-3-4-9(2)13-8-10-5-6-11(14(16)17)7-12(10)15(18)19/h3,5-7,9,13H,1,4,8H2,2H3. The zero-order chi connectivity index (χ0) is 14.4. The minimum Gasteiger partial charge on any atom is -0.310 e. The second-order valence-electron chi connectivity index (χ2n) is 4.13. The number of rotatable bonds is 7. The van der Waals surface area contributed by atoms with Crippen LogP contribution < -0.4 is 5.32 Å². The molecular formula is C12H15N3O4. The van der Waals surface area contributed by atoms with Crippen molar-refractivity contribution < 1.29 is 9.85 Å². The van der Waals surface area contributed by atoms with E-state index in [1.54, 1.807) is 6.08 Å². The molecule has 0 aliphatic rings. The largest absolute Gasteiger partial charge is 0.310 e. The maximum atomic E-state index is 10.9. The minimum atomic E-state index is -0.648. The molecule has 19 heavy (non-hydrogen) atoms. The average molecular weight is 265 g/mol. The normalized spacial score (nSPS) is 11.8. The van der Waals surface area contributed by atoms with Crippen molar-refractivity contribution in [2.45, 2.75) is 25.9 Å². The summed E-state index contributed by atoms with van der Waals surface area (Å²) in [5.41, 5.74) is -0.103. The lowest BCUT2D eigenvalue weighted by molar-refractivity contribution is -0.394. The molecule has 0 saturated carbocycles. The van der Waals surface area contributed by atoms with Crippen molar-refractivity contribution in [1.29, 1.82) is 0 Å². The number of hydrogen-bond acceptors (Lipinski definition) is 5. The Bertz CT molecular complexity index is 502. The Hall–Kier alpha value is -2.28. The van der Waals surface area contributed by atoms with Crippen LogP contribution in [0.3, 0.4) is 0 Å². The molecule has 1 rings (SSSR count). The van der Waals surface area contributed by atoms with Gasteiger partial charge in [-0.15, -0.1) is 6.58 Å². The second kappa shape index (κ2) is 6.60. The summed E-state index contributed by atoms with van der Waals surface area (Å²) >= 11 is 0. The average Bonchev–Trinajstić information content (AvgIpc) is 2.36. The van der Waals surface area contributed by atoms with Gasteiger partial charge in [-0.1, -0.05) is 6.08 Å². The van der Waals surface area contributed by atoms with Gasteiger partial charge in [-0.3, -0.25) is 20.2 Å². The number of nitrogens with one attached hydrogen (secondary N) is 1. The quantitative estimate of drug-likeness (QED) is 0.464. The molecule has 1 atom stereocenters. The summed E-state index contributed by atoms with van der Waals surface area (Å²) < 4.78 is 0. The zero-order valence-electron chi connectivity index (χ0n) is 10.5. The summed E-state index contributed by atoms with van der Waals surface area (Å²) in [4.78, 5) is 20.2. The van der Waals surface area contributed by atoms with E-state index in [1.165, 1.54) is 12.1 Å². The molecule has 0 aromatic heterocycles. The summed E-state index contributed by atoms with van der Waals surface area (Å²) in [7, 11) is 0. The molecule has 1 N–H and O–H groups in total. The Labute approximate surface area is 110 Å². The fraction of sp³-hybridized carbons (Fsp3) is 0.333. The van der Waals surface area contributed by atoms with Gasteiger partial charge in [-0.25, -0.2) is 0 Å². The SMILES string of the molecule is C=CCC(C)NCc1ccc([N+](=O)[O-])cc1[N+](=O)[O-]. The lowest BCUT2D eigenvalue weighted by Gasteiger charge is -2.11. The molecular weight excluding hydrogens is 250 g/mol. The molecule has 1 unspecified atom stereocenters. The van der Waals surface area contributed by atoms with Crippen molar-refractivity contribution >= 4 is 11.4 Å². The van der Waals surface area contributed by atoms with E-state index in [-0.39, 0.29) is 24.0 Å². The smallest absolute Gasteiger partial charge is 0.280 e. The van der Waals surface area contributed by atoms with Gasteiger partial charge in [0.15, 0.2) is 0 Å². The van der Waals surface area contributed by atoms with Crippen LogP contribution in [-0.2, 0) is 6.54 Å². The molecule has 0 fully saturated rings. The van der Waals surface area contributed by atoms with Crippen LogP contribution >= 0.6 is 0 Å². The number of nitro benzene ring substituents is 2. The van der Waals surface area contributed by atoms with E-state index < -0.39 is 9.85 Å². The van der Waals surface area contributed by atoms with Crippen molar-refractivity contribution in [3.05, 3.63) is 56.6 Å². The summed E-state index contributed by atoms with van der Waals surface area (Å²) in [5, 5.41) is 24.6. The van der Waals surface area contributed by atoms with Crippen molar-refractivity contribution in [1.82, 2.24) is 5.32 Å². The highest BCUT2D eigenvalue weighted by molar-refractivity contribution is 5.49. The van der Waals surface area contributed by atoms with Gasteiger partial charge >= 0.3 is 0 Å². The molecule has 0 saturated heterocycles. The van der Waals surface area contributed by atoms with E-state index in [2.05, 4.69) is 11.9 Å². The van der Waals surface area contributed by atoms with Gasteiger partial charge in [-0.05, 0) is 19.4 Å². The maximum Gasteiger partial charge on any atom is 0.280 e. The molecule has 0 amide bonds. The molecule has 0 radical (unpaired) electrons. The summed E-state index contributed by atoms with van der Waals surface area (Å²) in [6.45, 7) is 5.82. The Morgan fingerprint density at radius 3 is 2.58 bits per heavy atom. The molecule has 0 heterocycles. The van der Waals surface area contributed by atoms with Crippen molar-refractivity contribution in [3.8, 4) is 0 Å². The summed E-state index contributed by atoms with van der Waals surface area (Å²) in [6, 6.07) is 3.79. The van der Waals surface area contributed by atoms with Gasteiger partial charge in [0.05, 0.1) is 15.9 Å². The third-order valence-electron chi connectivity index (χ3n) is 2.64. The number of benzene rings is 1. The molecule has 1 aromatic carbocycles. The Morgan fingerprint density at radius 1 is 1.37 bits per heavy atom. The first-order chi connectivity index (χ1) is 8.95. The van der Waals surface area contributed by atoms with Crippen LogP contribution in [-0.4, -0.2) is 15.9 Å². The van der Waals surface area contributed by atoms with E-state index in [1.807, 2.05) is 6.92 Å². The van der Waals surface area contributed by atoms with E-state index in [9.17, 15) is 20.2 Å². The van der Waals surface area contributed by atoms with Crippen LogP contribution in [0, 0.1) is 20.2 Å². The van der Waals surface area contributed by atoms with E-state index in [0.717, 1.165) is 12.5 Å². The third kappa shape index (κ3) is 4.14. The van der Waals surface area contributed by atoms with Gasteiger partial charge in [0.2, 0.25) is 0 Å². The first-order valence-electron chi connectivity index (χ1n) is 5.71. The molecule has 0 aliphatic carbocycles. The monoisotopic (exact) mass is 265 g/mol. The maximum absolute atomic E-state index is 10.9. The first-order valence-corrected chi connectivity index (χ1v) is 5.71. The number of nitrogens with zero attached hydrogens (tertiary/aromatic N) is 2. The lowest BCUT2D eigenvalue weighted by Crippen LogP contribution is -2.25. The van der Waals surface area contributed by atoms with Crippen LogP contribution in [0.4, 0.5) is 11.4 Å². The van der Waals surface area contributed by atoms with Gasteiger partial charge < -0.3 is 5.32 Å². The molecule has 1 aromatic rings. The summed E-state index contributed by atoms with van der Waals surface area (Å²) in [5.74, 6) is 0. The number of nitro groups is 2. The Balaban J connectivity index is 2.91. The van der Waals surface area contributed by atoms with E-state index in [4.69, 9.17) is 0 Å². The third-order valence-corrected chi connectivity index (χ3v) is 2.64. The molecule has 0 aliphatic heterocycles. The van der Waals surface area contributed by atoms with Crippen molar-refractivity contribution in [2.75, 3.05) is 0 Å². The van der Waals surface area contributed by atoms with Gasteiger partial charge in [0.1, 0.15) is 0 Å². The van der Waals surface area contributed by atoms with Crippen LogP contribution in [0.25, 0.3) is 0 Å².